The minimum absolute atomic E-state index is 0.955. The molecule has 58 valence electrons. The highest BCUT2D eigenvalue weighted by Gasteiger charge is 2.14. The van der Waals surface area contributed by atoms with Gasteiger partial charge in [0, 0.05) is 6.08 Å². The molecule has 0 fully saturated rings. The van der Waals surface area contributed by atoms with Crippen LogP contribution in [-0.4, -0.2) is 14.8 Å². The number of hydrogen-bond acceptors (Lipinski definition) is 2. The first-order valence-corrected chi connectivity index (χ1v) is 3.83. The van der Waals surface area contributed by atoms with E-state index in [9.17, 15) is 0 Å². The van der Waals surface area contributed by atoms with E-state index in [1.165, 1.54) is 5.69 Å². The van der Waals surface area contributed by atoms with Crippen LogP contribution in [0, 0.1) is 0 Å². The molecule has 1 aliphatic rings. The fourth-order valence-corrected chi connectivity index (χ4v) is 1.46. The van der Waals surface area contributed by atoms with E-state index in [1.807, 2.05) is 6.20 Å². The topological polar surface area (TPSA) is 34.1 Å². The van der Waals surface area contributed by atoms with Crippen LogP contribution in [0.5, 0.6) is 0 Å². The zero-order valence-electron chi connectivity index (χ0n) is 6.38. The van der Waals surface area contributed by atoms with Crippen LogP contribution < -0.4 is 4.57 Å². The van der Waals surface area contributed by atoms with Gasteiger partial charge in [0.1, 0.15) is 6.20 Å². The maximum Gasteiger partial charge on any atom is 0.224 e. The predicted molar refractivity (Wildman–Crippen MR) is 42.2 cm³/mol. The zero-order valence-corrected chi connectivity index (χ0v) is 6.38. The molecule has 3 rings (SSSR count). The Morgan fingerprint density at radius 2 is 2.50 bits per heavy atom. The SMILES string of the molecule is C1=Cc2cn3nncc3c[n+]2C1. The van der Waals surface area contributed by atoms with Gasteiger partial charge in [0.2, 0.25) is 5.69 Å². The summed E-state index contributed by atoms with van der Waals surface area (Å²) in [6.07, 6.45) is 10.00. The molecule has 4 nitrogen and oxygen atoms in total. The van der Waals surface area contributed by atoms with Gasteiger partial charge in [-0.15, -0.1) is 5.10 Å². The fourth-order valence-electron chi connectivity index (χ4n) is 1.46. The van der Waals surface area contributed by atoms with Crippen molar-refractivity contribution in [1.29, 1.82) is 0 Å². The van der Waals surface area contributed by atoms with Crippen molar-refractivity contribution in [2.45, 2.75) is 6.54 Å². The predicted octanol–water partition coefficient (Wildman–Crippen LogP) is 0.0436. The summed E-state index contributed by atoms with van der Waals surface area (Å²) in [7, 11) is 0. The highest BCUT2D eigenvalue weighted by Crippen LogP contribution is 2.04. The van der Waals surface area contributed by atoms with E-state index < -0.39 is 0 Å². The second-order valence-electron chi connectivity index (χ2n) is 2.84. The molecule has 0 unspecified atom stereocenters. The Bertz CT molecular complexity index is 469. The first kappa shape index (κ1) is 5.88. The van der Waals surface area contributed by atoms with E-state index >= 15 is 0 Å². The smallest absolute Gasteiger partial charge is 0.208 e. The van der Waals surface area contributed by atoms with E-state index in [1.54, 1.807) is 10.7 Å². The average molecular weight is 159 g/mol. The molecule has 4 heteroatoms. The molecule has 0 atom stereocenters. The van der Waals surface area contributed by atoms with Crippen LogP contribution in [0.15, 0.2) is 24.7 Å². The standard InChI is InChI=1S/C8H7N4/c1-2-7-6-12-8(4-9-10-12)5-11(7)3-1/h1-2,4-6H,3H2/q+1. The Labute approximate surface area is 68.8 Å². The molecular weight excluding hydrogens is 152 g/mol. The summed E-state index contributed by atoms with van der Waals surface area (Å²) in [5.41, 5.74) is 2.20. The van der Waals surface area contributed by atoms with E-state index in [0.29, 0.717) is 0 Å². The van der Waals surface area contributed by atoms with Crippen molar-refractivity contribution in [2.75, 3.05) is 0 Å². The minimum atomic E-state index is 0.955. The summed E-state index contributed by atoms with van der Waals surface area (Å²) in [6, 6.07) is 0. The number of aromatic nitrogens is 4. The number of rotatable bonds is 0. The Hall–Kier alpha value is -1.71. The lowest BCUT2D eigenvalue weighted by molar-refractivity contribution is -0.683. The van der Waals surface area contributed by atoms with Crippen molar-refractivity contribution in [3.05, 3.63) is 30.4 Å². The van der Waals surface area contributed by atoms with Gasteiger partial charge in [0.25, 0.3) is 0 Å². The third-order valence-corrected chi connectivity index (χ3v) is 2.07. The van der Waals surface area contributed by atoms with Gasteiger partial charge < -0.3 is 0 Å². The number of fused-ring (bicyclic) bond motifs is 2. The molecule has 0 saturated carbocycles. The van der Waals surface area contributed by atoms with E-state index in [4.69, 9.17) is 0 Å². The van der Waals surface area contributed by atoms with Crippen LogP contribution in [0.2, 0.25) is 0 Å². The van der Waals surface area contributed by atoms with Crippen molar-refractivity contribution < 1.29 is 4.57 Å². The molecule has 0 radical (unpaired) electrons. The average Bonchev–Trinajstić information content (AvgIpc) is 2.64. The summed E-state index contributed by atoms with van der Waals surface area (Å²) in [4.78, 5) is 0. The molecule has 0 amide bonds. The van der Waals surface area contributed by atoms with Gasteiger partial charge in [-0.05, 0) is 6.08 Å². The summed E-state index contributed by atoms with van der Waals surface area (Å²) in [5, 5.41) is 7.73. The van der Waals surface area contributed by atoms with Crippen LogP contribution in [0.4, 0.5) is 0 Å². The lowest BCUT2D eigenvalue weighted by Crippen LogP contribution is -2.33. The summed E-state index contributed by atoms with van der Waals surface area (Å²) < 4.78 is 3.94. The lowest BCUT2D eigenvalue weighted by atomic mass is 10.4. The Morgan fingerprint density at radius 3 is 3.50 bits per heavy atom. The van der Waals surface area contributed by atoms with Crippen LogP contribution >= 0.6 is 0 Å². The molecule has 0 aromatic carbocycles. The van der Waals surface area contributed by atoms with Crippen molar-refractivity contribution in [3.8, 4) is 0 Å². The molecule has 2 aromatic heterocycles. The van der Waals surface area contributed by atoms with E-state index in [2.05, 4.69) is 33.2 Å². The molecule has 0 bridgehead atoms. The molecular formula is C8H7N4+. The highest BCUT2D eigenvalue weighted by molar-refractivity contribution is 5.46. The van der Waals surface area contributed by atoms with Gasteiger partial charge >= 0.3 is 0 Å². The maximum atomic E-state index is 3.92. The van der Waals surface area contributed by atoms with Crippen molar-refractivity contribution in [1.82, 2.24) is 14.8 Å². The molecule has 2 aromatic rings. The Morgan fingerprint density at radius 1 is 1.50 bits per heavy atom. The number of hydrogen-bond donors (Lipinski definition) is 0. The van der Waals surface area contributed by atoms with Gasteiger partial charge in [0.15, 0.2) is 18.3 Å². The molecule has 0 spiro atoms. The van der Waals surface area contributed by atoms with Gasteiger partial charge in [0.05, 0.1) is 6.20 Å². The third kappa shape index (κ3) is 0.637. The first-order chi connectivity index (χ1) is 5.93. The van der Waals surface area contributed by atoms with Gasteiger partial charge in [-0.25, -0.2) is 4.52 Å². The van der Waals surface area contributed by atoms with Gasteiger partial charge in [-0.2, -0.15) is 4.57 Å². The van der Waals surface area contributed by atoms with Crippen LogP contribution in [0.3, 0.4) is 0 Å². The van der Waals surface area contributed by atoms with Crippen molar-refractivity contribution in [3.63, 3.8) is 0 Å². The molecule has 0 aliphatic carbocycles. The highest BCUT2D eigenvalue weighted by atomic mass is 15.4. The monoisotopic (exact) mass is 159 g/mol. The van der Waals surface area contributed by atoms with Crippen molar-refractivity contribution >= 4 is 11.6 Å². The summed E-state index contributed by atoms with van der Waals surface area (Å²) in [5.74, 6) is 0. The van der Waals surface area contributed by atoms with E-state index in [-0.39, 0.29) is 0 Å². The Kier molecular flexibility index (Phi) is 0.935. The normalized spacial score (nSPS) is 14.0. The largest absolute Gasteiger partial charge is 0.224 e. The fraction of sp³-hybridized carbons (Fsp3) is 0.125. The van der Waals surface area contributed by atoms with Crippen molar-refractivity contribution in [2.24, 2.45) is 0 Å². The summed E-state index contributed by atoms with van der Waals surface area (Å²) >= 11 is 0. The number of nitrogens with zero attached hydrogens (tertiary/aromatic N) is 4. The van der Waals surface area contributed by atoms with Gasteiger partial charge in [-0.1, -0.05) is 5.21 Å². The second-order valence-corrected chi connectivity index (χ2v) is 2.84. The van der Waals surface area contributed by atoms with Crippen LogP contribution in [-0.2, 0) is 6.54 Å². The zero-order chi connectivity index (χ0) is 7.97. The van der Waals surface area contributed by atoms with E-state index in [0.717, 1.165) is 12.1 Å². The molecule has 3 heterocycles. The summed E-state index contributed by atoms with van der Waals surface area (Å²) in [6.45, 7) is 0.955. The number of allylic oxidation sites excluding steroid dienone is 1. The molecule has 1 aliphatic heterocycles. The molecule has 0 N–H and O–H groups in total. The van der Waals surface area contributed by atoms with Gasteiger partial charge in [-0.3, -0.25) is 0 Å². The van der Waals surface area contributed by atoms with Crippen LogP contribution in [0.25, 0.3) is 11.6 Å². The third-order valence-electron chi connectivity index (χ3n) is 2.07. The van der Waals surface area contributed by atoms with Crippen LogP contribution in [0.1, 0.15) is 5.69 Å². The Balaban J connectivity index is 2.43. The molecule has 12 heavy (non-hydrogen) atoms. The first-order valence-electron chi connectivity index (χ1n) is 3.83. The minimum Gasteiger partial charge on any atom is -0.208 e. The second kappa shape index (κ2) is 1.91. The lowest BCUT2D eigenvalue weighted by Gasteiger charge is -1.92. The maximum absolute atomic E-state index is 3.92. The quantitative estimate of drug-likeness (QED) is 0.509. The molecule has 0 saturated heterocycles.